The van der Waals surface area contributed by atoms with Gasteiger partial charge in [-0.05, 0) is 13.3 Å². The first-order valence-electron chi connectivity index (χ1n) is 5.11. The first kappa shape index (κ1) is 14.8. The van der Waals surface area contributed by atoms with Crippen LogP contribution in [-0.4, -0.2) is 30.0 Å². The number of methoxy groups -OCH3 is 1. The minimum absolute atomic E-state index is 0.149. The third kappa shape index (κ3) is 4.57. The Balaban J connectivity index is 4.41. The molecule has 0 fully saturated rings. The van der Waals surface area contributed by atoms with Gasteiger partial charge in [-0.3, -0.25) is 4.79 Å². The maximum Gasteiger partial charge on any atom is 0.328 e. The Labute approximate surface area is 101 Å². The third-order valence-electron chi connectivity index (χ3n) is 2.15. The minimum Gasteiger partial charge on any atom is -0.467 e. The second-order valence-electron chi connectivity index (χ2n) is 3.50. The van der Waals surface area contributed by atoms with Crippen molar-refractivity contribution in [1.82, 2.24) is 5.32 Å². The molecule has 2 unspecified atom stereocenters. The molecule has 0 rings (SSSR count). The highest BCUT2D eigenvalue weighted by Gasteiger charge is 2.24. The lowest BCUT2D eigenvalue weighted by Crippen LogP contribution is -2.45. The van der Waals surface area contributed by atoms with Gasteiger partial charge in [0, 0.05) is 0 Å². The summed E-state index contributed by atoms with van der Waals surface area (Å²) in [5.74, 6) is -1.34. The van der Waals surface area contributed by atoms with E-state index in [1.807, 2.05) is 6.92 Å². The van der Waals surface area contributed by atoms with Gasteiger partial charge in [-0.15, -0.1) is 0 Å². The van der Waals surface area contributed by atoms with Gasteiger partial charge in [0.25, 0.3) is 0 Å². The number of carbonyl (C=O) groups is 2. The Hall–Kier alpha value is -1.17. The van der Waals surface area contributed by atoms with Gasteiger partial charge in [-0.2, -0.15) is 0 Å². The van der Waals surface area contributed by atoms with Crippen LogP contribution in [0, 0.1) is 5.92 Å². The monoisotopic (exact) mass is 246 g/mol. The molecule has 0 aromatic rings. The fourth-order valence-electron chi connectivity index (χ4n) is 1.24. The second kappa shape index (κ2) is 7.16. The molecule has 0 aromatic heterocycles. The van der Waals surface area contributed by atoms with Crippen LogP contribution in [0.5, 0.6) is 0 Å². The van der Waals surface area contributed by atoms with Crippen molar-refractivity contribution in [3.63, 3.8) is 0 Å². The third-order valence-corrected chi connectivity index (χ3v) is 2.44. The van der Waals surface area contributed by atoms with Gasteiger partial charge < -0.3 is 15.8 Å². The molecule has 16 heavy (non-hydrogen) atoms. The van der Waals surface area contributed by atoms with Crippen LogP contribution in [-0.2, 0) is 14.3 Å². The van der Waals surface area contributed by atoms with Crippen molar-refractivity contribution < 1.29 is 14.3 Å². The maximum atomic E-state index is 11.7. The van der Waals surface area contributed by atoms with Crippen LogP contribution in [0.15, 0.2) is 0 Å². The zero-order valence-corrected chi connectivity index (χ0v) is 10.6. The second-order valence-corrected chi connectivity index (χ2v) is 3.97. The number of carbonyl (C=O) groups excluding carboxylic acids is 2. The quantitative estimate of drug-likeness (QED) is 0.522. The van der Waals surface area contributed by atoms with Crippen LogP contribution in [0.1, 0.15) is 26.7 Å². The summed E-state index contributed by atoms with van der Waals surface area (Å²) in [6.45, 7) is 3.48. The van der Waals surface area contributed by atoms with Crippen LogP contribution in [0.25, 0.3) is 0 Å². The molecule has 0 aliphatic heterocycles. The molecular weight excluding hydrogens is 228 g/mol. The number of hydrogen-bond donors (Lipinski definition) is 2. The zero-order chi connectivity index (χ0) is 12.7. The van der Waals surface area contributed by atoms with Crippen molar-refractivity contribution in [3.8, 4) is 0 Å². The Morgan fingerprint density at radius 2 is 2.06 bits per heavy atom. The average Bonchev–Trinajstić information content (AvgIpc) is 2.23. The van der Waals surface area contributed by atoms with E-state index in [0.29, 0.717) is 6.42 Å². The van der Waals surface area contributed by atoms with Gasteiger partial charge >= 0.3 is 5.97 Å². The molecule has 92 valence electrons. The van der Waals surface area contributed by atoms with Crippen molar-refractivity contribution in [2.24, 2.45) is 11.7 Å². The summed E-state index contributed by atoms with van der Waals surface area (Å²) < 4.78 is 4.50. The molecule has 0 aromatic carbocycles. The zero-order valence-electron chi connectivity index (χ0n) is 9.78. The number of nitrogens with one attached hydrogen (secondary N) is 1. The average molecular weight is 246 g/mol. The minimum atomic E-state index is -0.689. The van der Waals surface area contributed by atoms with Crippen LogP contribution >= 0.6 is 12.2 Å². The Bertz CT molecular complexity index is 281. The van der Waals surface area contributed by atoms with E-state index in [9.17, 15) is 9.59 Å². The molecule has 0 bridgehead atoms. The van der Waals surface area contributed by atoms with E-state index in [2.05, 4.69) is 10.1 Å². The molecule has 0 heterocycles. The molecule has 1 amide bonds. The van der Waals surface area contributed by atoms with Crippen LogP contribution in [0.2, 0.25) is 0 Å². The predicted octanol–water partition coefficient (Wildman–Crippen LogP) is 0.367. The van der Waals surface area contributed by atoms with E-state index in [1.54, 1.807) is 6.92 Å². The molecule has 0 spiro atoms. The van der Waals surface area contributed by atoms with Gasteiger partial charge in [0.05, 0.1) is 18.0 Å². The van der Waals surface area contributed by atoms with E-state index in [1.165, 1.54) is 7.11 Å². The van der Waals surface area contributed by atoms with Crippen molar-refractivity contribution >= 4 is 29.1 Å². The van der Waals surface area contributed by atoms with Crippen molar-refractivity contribution in [2.75, 3.05) is 7.11 Å². The number of thiocarbonyl (C=S) groups is 1. The molecule has 5 nitrogen and oxygen atoms in total. The largest absolute Gasteiger partial charge is 0.467 e. The van der Waals surface area contributed by atoms with E-state index in [4.69, 9.17) is 18.0 Å². The van der Waals surface area contributed by atoms with Gasteiger partial charge in [-0.1, -0.05) is 25.6 Å². The first-order chi connectivity index (χ1) is 7.43. The van der Waals surface area contributed by atoms with Crippen molar-refractivity contribution in [3.05, 3.63) is 0 Å². The summed E-state index contributed by atoms with van der Waals surface area (Å²) in [7, 11) is 1.27. The number of hydrogen-bond acceptors (Lipinski definition) is 4. The number of rotatable bonds is 6. The Kier molecular flexibility index (Phi) is 6.64. The van der Waals surface area contributed by atoms with Crippen LogP contribution < -0.4 is 11.1 Å². The summed E-state index contributed by atoms with van der Waals surface area (Å²) in [5.41, 5.74) is 5.46. The topological polar surface area (TPSA) is 81.4 Å². The molecular formula is C10H18N2O3S. The highest BCUT2D eigenvalue weighted by Crippen LogP contribution is 2.07. The predicted molar refractivity (Wildman–Crippen MR) is 64.8 cm³/mol. The summed E-state index contributed by atoms with van der Waals surface area (Å²) >= 11 is 4.81. The van der Waals surface area contributed by atoms with Gasteiger partial charge in [0.15, 0.2) is 0 Å². The van der Waals surface area contributed by atoms with Crippen LogP contribution in [0.3, 0.4) is 0 Å². The Morgan fingerprint density at radius 1 is 1.50 bits per heavy atom. The number of amides is 1. The van der Waals surface area contributed by atoms with E-state index in [-0.39, 0.29) is 10.9 Å². The highest BCUT2D eigenvalue weighted by molar-refractivity contribution is 7.80. The number of ether oxygens (including phenoxy) is 1. The van der Waals surface area contributed by atoms with Crippen LogP contribution in [0.4, 0.5) is 0 Å². The number of esters is 1. The van der Waals surface area contributed by atoms with E-state index >= 15 is 0 Å². The van der Waals surface area contributed by atoms with Gasteiger partial charge in [0.1, 0.15) is 6.04 Å². The Morgan fingerprint density at radius 3 is 2.44 bits per heavy atom. The fourth-order valence-corrected chi connectivity index (χ4v) is 1.47. The molecule has 2 atom stereocenters. The lowest BCUT2D eigenvalue weighted by molar-refractivity contribution is -0.144. The molecule has 6 heteroatoms. The smallest absolute Gasteiger partial charge is 0.328 e. The lowest BCUT2D eigenvalue weighted by Gasteiger charge is -2.17. The first-order valence-corrected chi connectivity index (χ1v) is 5.52. The molecule has 0 saturated carbocycles. The summed E-state index contributed by atoms with van der Waals surface area (Å²) in [6, 6.07) is -0.689. The standard InChI is InChI=1S/C10H18N2O3S/c1-4-5-7(8(11)16)9(13)12-6(2)10(14)15-3/h6-7H,4-5H2,1-3H3,(H2,11,16)(H,12,13). The molecule has 0 aliphatic carbocycles. The normalized spacial score (nSPS) is 13.7. The summed E-state index contributed by atoms with van der Waals surface area (Å²) in [6.07, 6.45) is 1.37. The number of nitrogens with two attached hydrogens (primary N) is 1. The molecule has 0 saturated heterocycles. The van der Waals surface area contributed by atoms with E-state index in [0.717, 1.165) is 6.42 Å². The van der Waals surface area contributed by atoms with Crippen molar-refractivity contribution in [1.29, 1.82) is 0 Å². The molecule has 3 N–H and O–H groups in total. The molecule has 0 radical (unpaired) electrons. The SMILES string of the molecule is CCCC(C(=O)NC(C)C(=O)OC)C(N)=S. The maximum absolute atomic E-state index is 11.7. The van der Waals surface area contributed by atoms with Gasteiger partial charge in [-0.25, -0.2) is 4.79 Å². The summed E-state index contributed by atoms with van der Waals surface area (Å²) in [5, 5.41) is 2.52. The molecule has 0 aliphatic rings. The van der Waals surface area contributed by atoms with E-state index < -0.39 is 17.9 Å². The highest BCUT2D eigenvalue weighted by atomic mass is 32.1. The fraction of sp³-hybridized carbons (Fsp3) is 0.700. The lowest BCUT2D eigenvalue weighted by atomic mass is 10.0. The van der Waals surface area contributed by atoms with Crippen molar-refractivity contribution in [2.45, 2.75) is 32.7 Å². The van der Waals surface area contributed by atoms with Gasteiger partial charge in [0.2, 0.25) is 5.91 Å². The summed E-state index contributed by atoms with van der Waals surface area (Å²) in [4.78, 5) is 23.0.